The molecule has 3 aromatic rings. The number of nitriles is 1. The molecule has 3 aliphatic rings. The predicted octanol–water partition coefficient (Wildman–Crippen LogP) is 3.84. The molecule has 0 spiro atoms. The Morgan fingerprint density at radius 2 is 2.03 bits per heavy atom. The van der Waals surface area contributed by atoms with Gasteiger partial charge in [0, 0.05) is 42.7 Å². The molecule has 2 amide bonds. The van der Waals surface area contributed by atoms with Gasteiger partial charge in [0.15, 0.2) is 6.30 Å². The molecular weight excluding hydrogens is 517 g/mol. The van der Waals surface area contributed by atoms with E-state index in [1.165, 1.54) is 17.2 Å². The number of carbonyl (C=O) groups is 2. The summed E-state index contributed by atoms with van der Waals surface area (Å²) in [5.74, 6) is -2.21. The average Bonchev–Trinajstić information content (AvgIpc) is 3.42. The van der Waals surface area contributed by atoms with Crippen LogP contribution in [0.25, 0.3) is 21.2 Å². The molecule has 8 nitrogen and oxygen atoms in total. The lowest BCUT2D eigenvalue weighted by molar-refractivity contribution is -0.128. The van der Waals surface area contributed by atoms with Crippen LogP contribution in [0.15, 0.2) is 30.9 Å². The fraction of sp³-hybridized carbons (Fsp3) is 0.269. The van der Waals surface area contributed by atoms with Crippen molar-refractivity contribution in [2.75, 3.05) is 36.9 Å². The maximum Gasteiger partial charge on any atom is 0.256 e. The van der Waals surface area contributed by atoms with E-state index in [0.717, 1.165) is 23.5 Å². The molecule has 2 atom stereocenters. The van der Waals surface area contributed by atoms with Crippen LogP contribution in [0.2, 0.25) is 0 Å². The van der Waals surface area contributed by atoms with Crippen LogP contribution >= 0.6 is 11.3 Å². The normalized spacial score (nSPS) is 20.6. The van der Waals surface area contributed by atoms with E-state index < -0.39 is 23.8 Å². The maximum atomic E-state index is 16.0. The molecule has 194 valence electrons. The summed E-state index contributed by atoms with van der Waals surface area (Å²) in [4.78, 5) is 29.1. The van der Waals surface area contributed by atoms with Gasteiger partial charge in [0.05, 0.1) is 27.6 Å². The summed E-state index contributed by atoms with van der Waals surface area (Å²) in [5, 5.41) is 11.4. The number of halogens is 3. The monoisotopic (exact) mass is 538 g/mol. The van der Waals surface area contributed by atoms with Crippen LogP contribution < -0.4 is 16.2 Å². The highest BCUT2D eigenvalue weighted by Gasteiger charge is 2.42. The number of hydrazine groups is 1. The lowest BCUT2D eigenvalue weighted by Gasteiger charge is -2.43. The van der Waals surface area contributed by atoms with Gasteiger partial charge >= 0.3 is 0 Å². The minimum atomic E-state index is -1.86. The van der Waals surface area contributed by atoms with E-state index in [1.807, 2.05) is 6.07 Å². The van der Waals surface area contributed by atoms with E-state index in [-0.39, 0.29) is 80.2 Å². The van der Waals surface area contributed by atoms with Gasteiger partial charge in [-0.1, -0.05) is 12.6 Å². The zero-order valence-corrected chi connectivity index (χ0v) is 20.7. The number of hydrogen-bond acceptors (Lipinski definition) is 7. The van der Waals surface area contributed by atoms with E-state index in [4.69, 9.17) is 5.73 Å². The van der Waals surface area contributed by atoms with Gasteiger partial charge < -0.3 is 20.5 Å². The van der Waals surface area contributed by atoms with Crippen LogP contribution in [0, 0.1) is 23.0 Å². The molecule has 1 aromatic heterocycles. The molecule has 2 aromatic carbocycles. The molecule has 1 saturated heterocycles. The Bertz CT molecular complexity index is 1600. The second-order valence-corrected chi connectivity index (χ2v) is 10.4. The fourth-order valence-corrected chi connectivity index (χ4v) is 6.67. The van der Waals surface area contributed by atoms with Crippen LogP contribution in [-0.4, -0.2) is 53.8 Å². The van der Waals surface area contributed by atoms with Crippen LogP contribution in [0.3, 0.4) is 0 Å². The van der Waals surface area contributed by atoms with Crippen molar-refractivity contribution in [3.63, 3.8) is 0 Å². The van der Waals surface area contributed by atoms with Crippen molar-refractivity contribution in [2.24, 2.45) is 0 Å². The Kier molecular flexibility index (Phi) is 5.59. The number of benzene rings is 2. The Labute approximate surface area is 219 Å². The minimum Gasteiger partial charge on any atom is -0.389 e. The van der Waals surface area contributed by atoms with Crippen molar-refractivity contribution in [2.45, 2.75) is 18.8 Å². The maximum absolute atomic E-state index is 16.0. The Balaban J connectivity index is 1.53. The third kappa shape index (κ3) is 3.39. The number of thiophene rings is 1. The number of anilines is 2. The molecule has 0 bridgehead atoms. The first kappa shape index (κ1) is 24.3. The number of rotatable bonds is 2. The lowest BCUT2D eigenvalue weighted by Crippen LogP contribution is -2.58. The van der Waals surface area contributed by atoms with Crippen molar-refractivity contribution in [1.29, 1.82) is 5.26 Å². The molecule has 38 heavy (non-hydrogen) atoms. The zero-order chi connectivity index (χ0) is 26.9. The number of alkyl halides is 1. The number of amides is 2. The Morgan fingerprint density at radius 1 is 1.24 bits per heavy atom. The first-order valence-corrected chi connectivity index (χ1v) is 12.7. The average molecular weight is 539 g/mol. The number of nitrogen functional groups attached to an aromatic ring is 1. The van der Waals surface area contributed by atoms with E-state index in [9.17, 15) is 19.2 Å². The summed E-state index contributed by atoms with van der Waals surface area (Å²) in [6, 6.07) is 5.11. The van der Waals surface area contributed by atoms with Gasteiger partial charge in [-0.3, -0.25) is 9.59 Å². The fourth-order valence-electron chi connectivity index (χ4n) is 5.72. The number of nitrogens with zero attached hydrogens (tertiary/aromatic N) is 4. The first-order valence-electron chi connectivity index (χ1n) is 11.9. The highest BCUT2D eigenvalue weighted by molar-refractivity contribution is 7.23. The molecule has 4 heterocycles. The van der Waals surface area contributed by atoms with Crippen molar-refractivity contribution in [3.05, 3.63) is 59.2 Å². The van der Waals surface area contributed by atoms with E-state index in [1.54, 1.807) is 9.80 Å². The molecule has 3 N–H and O–H groups in total. The number of nitrogens with two attached hydrogens (primary N) is 1. The molecule has 1 fully saturated rings. The van der Waals surface area contributed by atoms with Crippen LogP contribution in [-0.2, 0) is 4.79 Å². The second kappa shape index (κ2) is 8.75. The second-order valence-electron chi connectivity index (χ2n) is 9.37. The topological polar surface area (TPSA) is 106 Å². The largest absolute Gasteiger partial charge is 0.389 e. The lowest BCUT2D eigenvalue weighted by atomic mass is 9.90. The number of fused-ring (bicyclic) bond motifs is 2. The van der Waals surface area contributed by atoms with Crippen molar-refractivity contribution in [3.8, 4) is 17.2 Å². The SMILES string of the molecule is C=CC(=O)N1CCN2C(=O)c3cc(F)c(-c4ccc(F)c5sc(N)c(C#N)c45)c4c3N(CC[C@H]2C1)NC4F. The first-order chi connectivity index (χ1) is 18.2. The van der Waals surface area contributed by atoms with Crippen molar-refractivity contribution in [1.82, 2.24) is 15.2 Å². The smallest absolute Gasteiger partial charge is 0.256 e. The summed E-state index contributed by atoms with van der Waals surface area (Å²) < 4.78 is 46.3. The predicted molar refractivity (Wildman–Crippen MR) is 137 cm³/mol. The number of carbonyl (C=O) groups excluding carboxylic acids is 2. The summed E-state index contributed by atoms with van der Waals surface area (Å²) >= 11 is 0.864. The Morgan fingerprint density at radius 3 is 2.76 bits per heavy atom. The molecule has 3 aliphatic heterocycles. The molecular formula is C26H21F3N6O2S. The van der Waals surface area contributed by atoms with Gasteiger partial charge in [0.1, 0.15) is 22.7 Å². The number of nitrogens with one attached hydrogen (secondary N) is 1. The van der Waals surface area contributed by atoms with Crippen LogP contribution in [0.5, 0.6) is 0 Å². The standard InChI is InChI=1S/C26H21F3N6O2S/c1-2-18(36)33-7-8-34-12(11-33)5-6-35-22-14(26(34)37)9-17(28)20(21(22)24(29)32-35)13-3-4-16(27)23-19(13)15(10-30)25(31)38-23/h2-4,9,12,24,32H,1,5-8,11,31H2/t12-,24?/m0/s1. The van der Waals surface area contributed by atoms with Crippen molar-refractivity contribution < 1.29 is 22.8 Å². The minimum absolute atomic E-state index is 0.00853. The van der Waals surface area contributed by atoms with Gasteiger partial charge in [-0.05, 0) is 30.2 Å². The van der Waals surface area contributed by atoms with Crippen LogP contribution in [0.4, 0.5) is 23.9 Å². The molecule has 0 saturated carbocycles. The molecule has 1 unspecified atom stereocenters. The summed E-state index contributed by atoms with van der Waals surface area (Å²) in [5.41, 5.74) is 8.71. The van der Waals surface area contributed by atoms with E-state index in [0.29, 0.717) is 13.0 Å². The van der Waals surface area contributed by atoms with E-state index in [2.05, 4.69) is 12.0 Å². The van der Waals surface area contributed by atoms with Gasteiger partial charge in [-0.25, -0.2) is 13.2 Å². The molecule has 0 radical (unpaired) electrons. The summed E-state index contributed by atoms with van der Waals surface area (Å²) in [6.07, 6.45) is -0.212. The number of piperazine rings is 1. The molecule has 6 rings (SSSR count). The summed E-state index contributed by atoms with van der Waals surface area (Å²) in [7, 11) is 0. The molecule has 12 heteroatoms. The van der Waals surface area contributed by atoms with Crippen LogP contribution in [0.1, 0.15) is 34.2 Å². The quantitative estimate of drug-likeness (QED) is 0.380. The zero-order valence-electron chi connectivity index (χ0n) is 19.9. The Hall–Kier alpha value is -4.08. The van der Waals surface area contributed by atoms with Gasteiger partial charge in [0.25, 0.3) is 5.91 Å². The highest BCUT2D eigenvalue weighted by Crippen LogP contribution is 2.49. The van der Waals surface area contributed by atoms with Gasteiger partial charge in [-0.2, -0.15) is 10.7 Å². The van der Waals surface area contributed by atoms with Gasteiger partial charge in [0.2, 0.25) is 5.91 Å². The van der Waals surface area contributed by atoms with Crippen molar-refractivity contribution >= 4 is 43.9 Å². The summed E-state index contributed by atoms with van der Waals surface area (Å²) in [6.45, 7) is 4.63. The number of hydrogen-bond donors (Lipinski definition) is 2. The molecule has 0 aliphatic carbocycles. The van der Waals surface area contributed by atoms with E-state index >= 15 is 8.78 Å². The van der Waals surface area contributed by atoms with Gasteiger partial charge in [-0.15, -0.1) is 11.3 Å². The third-order valence-electron chi connectivity index (χ3n) is 7.43. The third-order valence-corrected chi connectivity index (χ3v) is 8.45. The highest BCUT2D eigenvalue weighted by atomic mass is 32.1.